The van der Waals surface area contributed by atoms with Gasteiger partial charge in [-0.3, -0.25) is 4.79 Å². The van der Waals surface area contributed by atoms with Gasteiger partial charge in [-0.15, -0.1) is 0 Å². The first-order valence-electron chi connectivity index (χ1n) is 5.64. The van der Waals surface area contributed by atoms with Crippen LogP contribution in [0.4, 0.5) is 0 Å². The summed E-state index contributed by atoms with van der Waals surface area (Å²) in [6.45, 7) is 10.9. The minimum atomic E-state index is 0.389. The van der Waals surface area contributed by atoms with Gasteiger partial charge in [0.1, 0.15) is 6.29 Å². The molecule has 0 aliphatic rings. The summed E-state index contributed by atoms with van der Waals surface area (Å²) in [7, 11) is 0. The lowest BCUT2D eigenvalue weighted by Gasteiger charge is -2.15. The van der Waals surface area contributed by atoms with Crippen LogP contribution in [0.5, 0.6) is 0 Å². The normalized spacial score (nSPS) is 14.9. The molecule has 0 aliphatic carbocycles. The zero-order valence-corrected chi connectivity index (χ0v) is 10.2. The van der Waals surface area contributed by atoms with E-state index in [2.05, 4.69) is 40.7 Å². The smallest absolute Gasteiger partial charge is 0.145 e. The van der Waals surface area contributed by atoms with E-state index in [-0.39, 0.29) is 0 Å². The maximum Gasteiger partial charge on any atom is 0.145 e. The molecule has 0 spiro atoms. The van der Waals surface area contributed by atoms with Crippen LogP contribution < -0.4 is 0 Å². The van der Waals surface area contributed by atoms with E-state index >= 15 is 0 Å². The molecule has 1 nitrogen and oxygen atoms in total. The Hall–Kier alpha value is -0.590. The molecule has 0 aromatic heterocycles. The number of hydrogen-bond acceptors (Lipinski definition) is 1. The van der Waals surface area contributed by atoms with Gasteiger partial charge in [-0.25, -0.2) is 0 Å². The van der Waals surface area contributed by atoms with Crippen molar-refractivity contribution in [1.29, 1.82) is 0 Å². The first-order valence-corrected chi connectivity index (χ1v) is 5.64. The molecule has 1 heteroatoms. The Bertz CT molecular complexity index is 189. The van der Waals surface area contributed by atoms with Crippen LogP contribution >= 0.6 is 0 Å². The Morgan fingerprint density at radius 3 is 2.07 bits per heavy atom. The highest BCUT2D eigenvalue weighted by Crippen LogP contribution is 2.19. The Kier molecular flexibility index (Phi) is 6.52. The van der Waals surface area contributed by atoms with Crippen LogP contribution in [0.25, 0.3) is 0 Å². The molecule has 0 saturated heterocycles. The van der Waals surface area contributed by atoms with Crippen LogP contribution in [0.1, 0.15) is 47.5 Å². The van der Waals surface area contributed by atoms with E-state index in [1.807, 2.05) is 0 Å². The van der Waals surface area contributed by atoms with E-state index in [1.165, 1.54) is 6.42 Å². The summed E-state index contributed by atoms with van der Waals surface area (Å²) in [5, 5.41) is 0. The second-order valence-electron chi connectivity index (χ2n) is 4.83. The van der Waals surface area contributed by atoms with Gasteiger partial charge in [-0.05, 0) is 36.2 Å². The molecule has 0 aromatic rings. The van der Waals surface area contributed by atoms with Gasteiger partial charge in [0.25, 0.3) is 0 Å². The van der Waals surface area contributed by atoms with Crippen molar-refractivity contribution in [3.05, 3.63) is 11.6 Å². The number of carbonyl (C=O) groups is 1. The highest BCUT2D eigenvalue weighted by molar-refractivity contribution is 5.73. The number of hydrogen-bond donors (Lipinski definition) is 0. The van der Waals surface area contributed by atoms with E-state index in [0.717, 1.165) is 18.3 Å². The summed E-state index contributed by atoms with van der Waals surface area (Å²) >= 11 is 0. The topological polar surface area (TPSA) is 17.1 Å². The van der Waals surface area contributed by atoms with Gasteiger partial charge in [0.2, 0.25) is 0 Å². The lowest BCUT2D eigenvalue weighted by Crippen LogP contribution is -2.08. The van der Waals surface area contributed by atoms with E-state index in [4.69, 9.17) is 0 Å². The zero-order valence-electron chi connectivity index (χ0n) is 10.2. The highest BCUT2D eigenvalue weighted by Gasteiger charge is 2.11. The molecule has 14 heavy (non-hydrogen) atoms. The van der Waals surface area contributed by atoms with Crippen molar-refractivity contribution in [2.24, 2.45) is 17.8 Å². The van der Waals surface area contributed by atoms with Gasteiger partial charge in [-0.2, -0.15) is 0 Å². The van der Waals surface area contributed by atoms with Gasteiger partial charge < -0.3 is 0 Å². The van der Waals surface area contributed by atoms with Crippen LogP contribution in [-0.4, -0.2) is 6.29 Å². The van der Waals surface area contributed by atoms with Crippen molar-refractivity contribution >= 4 is 6.29 Å². The third-order valence-electron chi connectivity index (χ3n) is 2.79. The summed E-state index contributed by atoms with van der Waals surface area (Å²) in [5.74, 6) is 1.65. The fourth-order valence-corrected chi connectivity index (χ4v) is 1.31. The SMILES string of the molecule is CC(C)CCC=C(C=O)C(C)C(C)C. The van der Waals surface area contributed by atoms with Gasteiger partial charge in [-0.1, -0.05) is 40.7 Å². The van der Waals surface area contributed by atoms with Crippen LogP contribution in [0.2, 0.25) is 0 Å². The lowest BCUT2D eigenvalue weighted by molar-refractivity contribution is -0.105. The van der Waals surface area contributed by atoms with Crippen LogP contribution in [0.3, 0.4) is 0 Å². The monoisotopic (exact) mass is 196 g/mol. The molecule has 82 valence electrons. The van der Waals surface area contributed by atoms with E-state index in [9.17, 15) is 4.79 Å². The van der Waals surface area contributed by atoms with E-state index < -0.39 is 0 Å². The standard InChI is InChI=1S/C13H24O/c1-10(2)7-6-8-13(9-14)12(5)11(3)4/h8-12H,6-7H2,1-5H3. The summed E-state index contributed by atoms with van der Waals surface area (Å²) in [6.07, 6.45) is 5.33. The molecule has 0 saturated carbocycles. The van der Waals surface area contributed by atoms with Gasteiger partial charge >= 0.3 is 0 Å². The molecule has 0 rings (SSSR count). The highest BCUT2D eigenvalue weighted by atomic mass is 16.1. The second-order valence-corrected chi connectivity index (χ2v) is 4.83. The molecular weight excluding hydrogens is 172 g/mol. The third-order valence-corrected chi connectivity index (χ3v) is 2.79. The Balaban J connectivity index is 4.18. The average molecular weight is 196 g/mol. The van der Waals surface area contributed by atoms with Crippen molar-refractivity contribution in [2.45, 2.75) is 47.5 Å². The minimum absolute atomic E-state index is 0.389. The first-order chi connectivity index (χ1) is 6.49. The number of rotatable bonds is 6. The van der Waals surface area contributed by atoms with Crippen LogP contribution in [0.15, 0.2) is 11.6 Å². The van der Waals surface area contributed by atoms with Crippen molar-refractivity contribution in [1.82, 2.24) is 0 Å². The van der Waals surface area contributed by atoms with E-state index in [1.54, 1.807) is 0 Å². The molecule has 1 unspecified atom stereocenters. The largest absolute Gasteiger partial charge is 0.298 e. The Morgan fingerprint density at radius 2 is 1.71 bits per heavy atom. The molecule has 0 aliphatic heterocycles. The van der Waals surface area contributed by atoms with Gasteiger partial charge in [0, 0.05) is 0 Å². The molecule has 0 N–H and O–H groups in total. The fraction of sp³-hybridized carbons (Fsp3) is 0.769. The summed E-state index contributed by atoms with van der Waals surface area (Å²) < 4.78 is 0. The van der Waals surface area contributed by atoms with Crippen LogP contribution in [-0.2, 0) is 4.79 Å². The average Bonchev–Trinajstić information content (AvgIpc) is 2.10. The third kappa shape index (κ3) is 5.21. The molecular formula is C13H24O. The van der Waals surface area contributed by atoms with Gasteiger partial charge in [0.15, 0.2) is 0 Å². The minimum Gasteiger partial charge on any atom is -0.298 e. The zero-order chi connectivity index (χ0) is 11.1. The number of aldehydes is 1. The van der Waals surface area contributed by atoms with Crippen molar-refractivity contribution in [3.63, 3.8) is 0 Å². The molecule has 0 fully saturated rings. The maximum atomic E-state index is 10.9. The second kappa shape index (κ2) is 6.80. The predicted octanol–water partition coefficient (Wildman–Crippen LogP) is 3.84. The Labute approximate surface area is 88.6 Å². The number of carbonyl (C=O) groups excluding carboxylic acids is 1. The van der Waals surface area contributed by atoms with E-state index in [0.29, 0.717) is 17.8 Å². The molecule has 0 bridgehead atoms. The molecule has 0 amide bonds. The fourth-order valence-electron chi connectivity index (χ4n) is 1.31. The van der Waals surface area contributed by atoms with Crippen LogP contribution in [0, 0.1) is 17.8 Å². The van der Waals surface area contributed by atoms with Crippen molar-refractivity contribution in [3.8, 4) is 0 Å². The molecule has 1 atom stereocenters. The lowest BCUT2D eigenvalue weighted by atomic mass is 9.89. The quantitative estimate of drug-likeness (QED) is 0.466. The Morgan fingerprint density at radius 1 is 1.14 bits per heavy atom. The first kappa shape index (κ1) is 13.4. The van der Waals surface area contributed by atoms with Crippen molar-refractivity contribution in [2.75, 3.05) is 0 Å². The maximum absolute atomic E-state index is 10.9. The molecule has 0 heterocycles. The summed E-state index contributed by atoms with van der Waals surface area (Å²) in [6, 6.07) is 0. The molecule has 0 radical (unpaired) electrons. The van der Waals surface area contributed by atoms with Crippen molar-refractivity contribution < 1.29 is 4.79 Å². The summed E-state index contributed by atoms with van der Waals surface area (Å²) in [5.41, 5.74) is 0.973. The molecule has 0 aromatic carbocycles. The summed E-state index contributed by atoms with van der Waals surface area (Å²) in [4.78, 5) is 10.9. The predicted molar refractivity (Wildman–Crippen MR) is 62.2 cm³/mol. The number of allylic oxidation sites excluding steroid dienone is 2. The van der Waals surface area contributed by atoms with Gasteiger partial charge in [0.05, 0.1) is 0 Å².